The van der Waals surface area contributed by atoms with Gasteiger partial charge in [-0.25, -0.2) is 9.78 Å². The Bertz CT molecular complexity index is 1740. The molecule has 1 atom stereocenters. The highest BCUT2D eigenvalue weighted by molar-refractivity contribution is 6.06. The van der Waals surface area contributed by atoms with E-state index in [0.29, 0.717) is 37.7 Å². The van der Waals surface area contributed by atoms with Crippen LogP contribution in [-0.4, -0.2) is 76.7 Å². The van der Waals surface area contributed by atoms with Crippen LogP contribution >= 0.6 is 0 Å². The molecule has 2 aromatic heterocycles. The fraction of sp³-hybridized carbons (Fsp3) is 0.324. The van der Waals surface area contributed by atoms with Crippen molar-refractivity contribution in [1.82, 2.24) is 24.3 Å². The van der Waals surface area contributed by atoms with E-state index in [-0.39, 0.29) is 24.6 Å². The Balaban J connectivity index is 1.25. The SMILES string of the molecule is COCCN(C)C(=O)c1cn(C(CC2CCN(C(=O)OCc3ccccc3)CC2)c2cnc[nH]2)cc1-c1cccc2ccccc12. The number of imidazole rings is 1. The molecule has 0 bridgehead atoms. The van der Waals surface area contributed by atoms with Crippen LogP contribution in [0.4, 0.5) is 4.79 Å². The second-order valence-corrected chi connectivity index (χ2v) is 12.0. The van der Waals surface area contributed by atoms with Crippen LogP contribution in [0.1, 0.15) is 46.9 Å². The van der Waals surface area contributed by atoms with Gasteiger partial charge in [0, 0.05) is 51.7 Å². The normalized spacial score (nSPS) is 14.3. The van der Waals surface area contributed by atoms with Crippen molar-refractivity contribution >= 4 is 22.8 Å². The summed E-state index contributed by atoms with van der Waals surface area (Å²) < 4.78 is 13.0. The minimum Gasteiger partial charge on any atom is -0.445 e. The number of nitrogens with one attached hydrogen (secondary N) is 1. The van der Waals surface area contributed by atoms with Crippen LogP contribution < -0.4 is 0 Å². The molecule has 2 amide bonds. The molecule has 238 valence electrons. The van der Waals surface area contributed by atoms with Crippen LogP contribution in [-0.2, 0) is 16.1 Å². The zero-order valence-electron chi connectivity index (χ0n) is 26.5. The Hall–Kier alpha value is -4.89. The van der Waals surface area contributed by atoms with Gasteiger partial charge in [0.1, 0.15) is 6.61 Å². The van der Waals surface area contributed by atoms with Crippen LogP contribution in [0.2, 0.25) is 0 Å². The van der Waals surface area contributed by atoms with E-state index in [9.17, 15) is 9.59 Å². The topological polar surface area (TPSA) is 92.7 Å². The van der Waals surface area contributed by atoms with Crippen molar-refractivity contribution < 1.29 is 19.1 Å². The molecular formula is C37H41N5O4. The summed E-state index contributed by atoms with van der Waals surface area (Å²) in [5, 5.41) is 2.22. The molecule has 0 saturated carbocycles. The molecule has 9 nitrogen and oxygen atoms in total. The highest BCUT2D eigenvalue weighted by atomic mass is 16.6. The number of carbonyl (C=O) groups is 2. The molecule has 0 spiro atoms. The summed E-state index contributed by atoms with van der Waals surface area (Å²) in [5.74, 6) is 0.322. The van der Waals surface area contributed by atoms with Crippen molar-refractivity contribution in [3.8, 4) is 11.1 Å². The molecule has 5 aromatic rings. The Labute approximate surface area is 269 Å². The first-order valence-electron chi connectivity index (χ1n) is 15.9. The summed E-state index contributed by atoms with van der Waals surface area (Å²) in [4.78, 5) is 37.9. The van der Waals surface area contributed by atoms with Gasteiger partial charge in [0.15, 0.2) is 0 Å². The zero-order chi connectivity index (χ0) is 31.9. The number of methoxy groups -OCH3 is 1. The molecule has 9 heteroatoms. The first kappa shape index (κ1) is 31.1. The van der Waals surface area contributed by atoms with Crippen molar-refractivity contribution in [2.45, 2.75) is 31.9 Å². The van der Waals surface area contributed by atoms with Crippen molar-refractivity contribution in [3.05, 3.63) is 115 Å². The number of fused-ring (bicyclic) bond motifs is 1. The van der Waals surface area contributed by atoms with Crippen LogP contribution in [0.25, 0.3) is 21.9 Å². The third kappa shape index (κ3) is 7.00. The molecule has 1 unspecified atom stereocenters. The van der Waals surface area contributed by atoms with Gasteiger partial charge in [-0.15, -0.1) is 0 Å². The summed E-state index contributed by atoms with van der Waals surface area (Å²) in [7, 11) is 3.46. The van der Waals surface area contributed by atoms with Gasteiger partial charge in [-0.2, -0.15) is 0 Å². The highest BCUT2D eigenvalue weighted by Crippen LogP contribution is 2.37. The number of piperidine rings is 1. The van der Waals surface area contributed by atoms with Crippen LogP contribution in [0.15, 0.2) is 97.7 Å². The minimum atomic E-state index is -0.265. The summed E-state index contributed by atoms with van der Waals surface area (Å²) in [6, 6.07) is 24.2. The number of amides is 2. The number of aromatic amines is 1. The van der Waals surface area contributed by atoms with Gasteiger partial charge in [-0.1, -0.05) is 72.8 Å². The molecule has 3 heterocycles. The monoisotopic (exact) mass is 619 g/mol. The number of rotatable bonds is 11. The van der Waals surface area contributed by atoms with Crippen LogP contribution in [0, 0.1) is 5.92 Å². The molecule has 1 aliphatic rings. The molecule has 3 aromatic carbocycles. The average molecular weight is 620 g/mol. The Morgan fingerprint density at radius 1 is 0.978 bits per heavy atom. The number of likely N-dealkylation sites (tertiary alicyclic amines) is 1. The lowest BCUT2D eigenvalue weighted by atomic mass is 9.89. The Kier molecular flexibility index (Phi) is 9.79. The van der Waals surface area contributed by atoms with Gasteiger partial charge in [0.2, 0.25) is 0 Å². The predicted octanol–water partition coefficient (Wildman–Crippen LogP) is 6.78. The number of aromatic nitrogens is 3. The third-order valence-electron chi connectivity index (χ3n) is 9.01. The Morgan fingerprint density at radius 2 is 1.74 bits per heavy atom. The maximum Gasteiger partial charge on any atom is 0.410 e. The smallest absolute Gasteiger partial charge is 0.410 e. The molecule has 0 radical (unpaired) electrons. The second kappa shape index (κ2) is 14.5. The van der Waals surface area contributed by atoms with Crippen molar-refractivity contribution in [2.75, 3.05) is 40.4 Å². The number of ether oxygens (including phenoxy) is 2. The summed E-state index contributed by atoms with van der Waals surface area (Å²) >= 11 is 0. The van der Waals surface area contributed by atoms with Gasteiger partial charge in [-0.05, 0) is 47.1 Å². The average Bonchev–Trinajstić information content (AvgIpc) is 3.80. The third-order valence-corrected chi connectivity index (χ3v) is 9.01. The van der Waals surface area contributed by atoms with E-state index >= 15 is 0 Å². The van der Waals surface area contributed by atoms with E-state index in [1.54, 1.807) is 18.3 Å². The summed E-state index contributed by atoms with van der Waals surface area (Å²) in [6.07, 6.45) is 9.98. The van der Waals surface area contributed by atoms with Crippen LogP contribution in [0.5, 0.6) is 0 Å². The molecule has 6 rings (SSSR count). The first-order chi connectivity index (χ1) is 22.5. The number of likely N-dealkylation sites (N-methyl/N-ethyl adjacent to an activating group) is 1. The number of benzene rings is 3. The molecule has 1 N–H and O–H groups in total. The molecule has 1 aliphatic heterocycles. The minimum absolute atomic E-state index is 0.0515. The van der Waals surface area contributed by atoms with Crippen molar-refractivity contribution in [2.24, 2.45) is 5.92 Å². The summed E-state index contributed by atoms with van der Waals surface area (Å²) in [6.45, 7) is 2.52. The summed E-state index contributed by atoms with van der Waals surface area (Å²) in [5.41, 5.74) is 4.52. The van der Waals surface area contributed by atoms with Gasteiger partial charge in [0.05, 0.1) is 36.4 Å². The lowest BCUT2D eigenvalue weighted by Crippen LogP contribution is -2.39. The van der Waals surface area contributed by atoms with Gasteiger partial charge in [-0.3, -0.25) is 4.79 Å². The number of H-pyrrole nitrogens is 1. The fourth-order valence-electron chi connectivity index (χ4n) is 6.37. The van der Waals surface area contributed by atoms with Crippen molar-refractivity contribution in [3.63, 3.8) is 0 Å². The molecule has 46 heavy (non-hydrogen) atoms. The van der Waals surface area contributed by atoms with E-state index in [1.807, 2.05) is 72.9 Å². The van der Waals surface area contributed by atoms with Crippen LogP contribution in [0.3, 0.4) is 0 Å². The van der Waals surface area contributed by atoms with Crippen molar-refractivity contribution in [1.29, 1.82) is 0 Å². The molecular weight excluding hydrogens is 578 g/mol. The first-order valence-corrected chi connectivity index (χ1v) is 15.9. The predicted molar refractivity (Wildman–Crippen MR) is 178 cm³/mol. The van der Waals surface area contributed by atoms with E-state index in [2.05, 4.69) is 45.0 Å². The molecule has 1 fully saturated rings. The van der Waals surface area contributed by atoms with E-state index < -0.39 is 0 Å². The van der Waals surface area contributed by atoms with Gasteiger partial charge >= 0.3 is 6.09 Å². The quantitative estimate of drug-likeness (QED) is 0.176. The fourth-order valence-corrected chi connectivity index (χ4v) is 6.37. The van der Waals surface area contributed by atoms with E-state index in [1.165, 1.54) is 0 Å². The number of carbonyl (C=O) groups excluding carboxylic acids is 2. The maximum absolute atomic E-state index is 13.9. The lowest BCUT2D eigenvalue weighted by molar-refractivity contribution is 0.0744. The largest absolute Gasteiger partial charge is 0.445 e. The van der Waals surface area contributed by atoms with E-state index in [0.717, 1.165) is 52.4 Å². The molecule has 0 aliphatic carbocycles. The van der Waals surface area contributed by atoms with Gasteiger partial charge in [0.25, 0.3) is 5.91 Å². The van der Waals surface area contributed by atoms with Gasteiger partial charge < -0.3 is 28.8 Å². The molecule has 1 saturated heterocycles. The number of hydrogen-bond acceptors (Lipinski definition) is 5. The zero-order valence-corrected chi connectivity index (χ0v) is 26.5. The van der Waals surface area contributed by atoms with E-state index in [4.69, 9.17) is 9.47 Å². The number of nitrogens with zero attached hydrogens (tertiary/aromatic N) is 4. The Morgan fingerprint density at radius 3 is 2.50 bits per heavy atom. The second-order valence-electron chi connectivity index (χ2n) is 12.0. The standard InChI is InChI=1S/C37H41N5O4/c1-40(19-20-45-2)36(43)33-24-42(23-32(33)31-14-8-12-29-11-6-7-13-30(29)31)35(34-22-38-26-39-34)21-27-15-17-41(18-16-27)37(44)46-25-28-9-4-3-5-10-28/h3-14,22-24,26-27,35H,15-21,25H2,1-2H3,(H,38,39). The maximum atomic E-state index is 13.9. The number of hydrogen-bond donors (Lipinski definition) is 1. The lowest BCUT2D eigenvalue weighted by Gasteiger charge is -2.33. The highest BCUT2D eigenvalue weighted by Gasteiger charge is 2.29.